The number of rotatable bonds is 1. The Balaban J connectivity index is 2.21. The third-order valence-corrected chi connectivity index (χ3v) is 4.92. The SMILES string of the molecule is CC(C)[C@H]1c2ccc(F)cc2CSc2cc(F)ccc21. The smallest absolute Gasteiger partial charge is 0.124 e. The molecule has 20 heavy (non-hydrogen) atoms. The molecule has 0 aliphatic carbocycles. The van der Waals surface area contributed by atoms with Gasteiger partial charge in [-0.25, -0.2) is 8.78 Å². The van der Waals surface area contributed by atoms with E-state index in [4.69, 9.17) is 0 Å². The predicted molar refractivity (Wildman–Crippen MR) is 79.0 cm³/mol. The summed E-state index contributed by atoms with van der Waals surface area (Å²) in [6.07, 6.45) is 0. The standard InChI is InChI=1S/C17H16F2S/c1-10(2)17-14-5-3-12(18)7-11(14)9-20-16-8-13(19)4-6-15(16)17/h3-8,10,17H,9H2,1-2H3/t17-/m0/s1. The van der Waals surface area contributed by atoms with Gasteiger partial charge in [0, 0.05) is 16.6 Å². The van der Waals surface area contributed by atoms with Crippen LogP contribution in [0.3, 0.4) is 0 Å². The highest BCUT2D eigenvalue weighted by Gasteiger charge is 2.27. The zero-order chi connectivity index (χ0) is 14.3. The van der Waals surface area contributed by atoms with Gasteiger partial charge in [-0.1, -0.05) is 26.0 Å². The second-order valence-corrected chi connectivity index (χ2v) is 6.55. The maximum absolute atomic E-state index is 13.5. The lowest BCUT2D eigenvalue weighted by molar-refractivity contribution is 0.549. The van der Waals surface area contributed by atoms with Gasteiger partial charge in [-0.3, -0.25) is 0 Å². The molecule has 0 amide bonds. The molecule has 0 unspecified atom stereocenters. The van der Waals surface area contributed by atoms with Crippen LogP contribution < -0.4 is 0 Å². The summed E-state index contributed by atoms with van der Waals surface area (Å²) >= 11 is 1.59. The Labute approximate surface area is 122 Å². The lowest BCUT2D eigenvalue weighted by Gasteiger charge is -2.23. The van der Waals surface area contributed by atoms with E-state index >= 15 is 0 Å². The number of halogens is 2. The molecule has 0 bridgehead atoms. The van der Waals surface area contributed by atoms with Crippen LogP contribution in [0.1, 0.15) is 36.5 Å². The molecule has 0 saturated heterocycles. The predicted octanol–water partition coefficient (Wildman–Crippen LogP) is 5.36. The topological polar surface area (TPSA) is 0 Å². The number of hydrogen-bond donors (Lipinski definition) is 0. The lowest BCUT2D eigenvalue weighted by Crippen LogP contribution is -2.10. The van der Waals surface area contributed by atoms with E-state index in [9.17, 15) is 8.78 Å². The van der Waals surface area contributed by atoms with E-state index in [1.807, 2.05) is 12.1 Å². The van der Waals surface area contributed by atoms with Gasteiger partial charge in [0.2, 0.25) is 0 Å². The van der Waals surface area contributed by atoms with Crippen LogP contribution in [-0.4, -0.2) is 0 Å². The van der Waals surface area contributed by atoms with Gasteiger partial charge in [0.25, 0.3) is 0 Å². The molecule has 3 rings (SSSR count). The van der Waals surface area contributed by atoms with Crippen LogP contribution in [0.4, 0.5) is 8.78 Å². The number of thioether (sulfide) groups is 1. The van der Waals surface area contributed by atoms with Gasteiger partial charge < -0.3 is 0 Å². The molecule has 1 heterocycles. The van der Waals surface area contributed by atoms with Gasteiger partial charge in [-0.15, -0.1) is 11.8 Å². The Morgan fingerprint density at radius 1 is 1.00 bits per heavy atom. The van der Waals surface area contributed by atoms with Crippen LogP contribution in [0.5, 0.6) is 0 Å². The van der Waals surface area contributed by atoms with Crippen molar-refractivity contribution in [1.82, 2.24) is 0 Å². The fourth-order valence-electron chi connectivity index (χ4n) is 2.93. The van der Waals surface area contributed by atoms with Gasteiger partial charge >= 0.3 is 0 Å². The molecule has 0 spiro atoms. The highest BCUT2D eigenvalue weighted by molar-refractivity contribution is 7.98. The largest absolute Gasteiger partial charge is 0.207 e. The number of fused-ring (bicyclic) bond motifs is 2. The lowest BCUT2D eigenvalue weighted by atomic mass is 9.81. The zero-order valence-electron chi connectivity index (χ0n) is 11.5. The van der Waals surface area contributed by atoms with Crippen molar-refractivity contribution in [3.05, 3.63) is 64.7 Å². The van der Waals surface area contributed by atoms with E-state index in [0.29, 0.717) is 11.7 Å². The van der Waals surface area contributed by atoms with E-state index in [0.717, 1.165) is 16.0 Å². The van der Waals surface area contributed by atoms with Crippen LogP contribution in [0.25, 0.3) is 0 Å². The molecule has 0 radical (unpaired) electrons. The molecule has 1 atom stereocenters. The Morgan fingerprint density at radius 3 is 2.35 bits per heavy atom. The van der Waals surface area contributed by atoms with Crippen molar-refractivity contribution < 1.29 is 8.78 Å². The minimum absolute atomic E-state index is 0.191. The Kier molecular flexibility index (Phi) is 3.55. The van der Waals surface area contributed by atoms with E-state index in [1.165, 1.54) is 17.7 Å². The van der Waals surface area contributed by atoms with Gasteiger partial charge in [-0.2, -0.15) is 0 Å². The number of benzene rings is 2. The molecule has 2 aromatic rings. The second-order valence-electron chi connectivity index (χ2n) is 5.54. The van der Waals surface area contributed by atoms with Crippen molar-refractivity contribution >= 4 is 11.8 Å². The zero-order valence-corrected chi connectivity index (χ0v) is 12.3. The summed E-state index contributed by atoms with van der Waals surface area (Å²) in [4.78, 5) is 0.973. The molecular formula is C17H16F2S. The molecule has 0 fully saturated rings. The van der Waals surface area contributed by atoms with E-state index in [-0.39, 0.29) is 17.6 Å². The first kappa shape index (κ1) is 13.6. The highest BCUT2D eigenvalue weighted by atomic mass is 32.2. The molecule has 3 heteroatoms. The minimum Gasteiger partial charge on any atom is -0.207 e. The molecular weight excluding hydrogens is 274 g/mol. The monoisotopic (exact) mass is 290 g/mol. The van der Waals surface area contributed by atoms with Crippen molar-refractivity contribution in [3.8, 4) is 0 Å². The van der Waals surface area contributed by atoms with Gasteiger partial charge in [0.1, 0.15) is 11.6 Å². The van der Waals surface area contributed by atoms with E-state index in [1.54, 1.807) is 23.9 Å². The van der Waals surface area contributed by atoms with Crippen LogP contribution >= 0.6 is 11.8 Å². The first-order chi connectivity index (χ1) is 9.56. The normalized spacial score (nSPS) is 17.6. The quantitative estimate of drug-likeness (QED) is 0.681. The Morgan fingerprint density at radius 2 is 1.65 bits per heavy atom. The van der Waals surface area contributed by atoms with Crippen molar-refractivity contribution in [2.24, 2.45) is 5.92 Å². The summed E-state index contributed by atoms with van der Waals surface area (Å²) < 4.78 is 27.0. The van der Waals surface area contributed by atoms with Crippen LogP contribution in [0.15, 0.2) is 41.3 Å². The summed E-state index contributed by atoms with van der Waals surface area (Å²) in [5.41, 5.74) is 3.33. The third-order valence-electron chi connectivity index (χ3n) is 3.80. The van der Waals surface area contributed by atoms with Crippen LogP contribution in [0, 0.1) is 17.6 Å². The second kappa shape index (κ2) is 5.21. The molecule has 1 aliphatic heterocycles. The molecule has 2 aromatic carbocycles. The van der Waals surface area contributed by atoms with Gasteiger partial charge in [0.15, 0.2) is 0 Å². The maximum Gasteiger partial charge on any atom is 0.124 e. The van der Waals surface area contributed by atoms with Crippen LogP contribution in [-0.2, 0) is 5.75 Å². The molecule has 1 aliphatic rings. The summed E-state index contributed by atoms with van der Waals surface area (Å²) in [5, 5.41) is 0. The van der Waals surface area contributed by atoms with Gasteiger partial charge in [-0.05, 0) is 46.9 Å². The Bertz CT molecular complexity index is 596. The third kappa shape index (κ3) is 2.35. The molecule has 0 nitrogen and oxygen atoms in total. The summed E-state index contributed by atoms with van der Waals surface area (Å²) in [6.45, 7) is 4.31. The average molecular weight is 290 g/mol. The molecule has 0 N–H and O–H groups in total. The first-order valence-electron chi connectivity index (χ1n) is 6.77. The summed E-state index contributed by atoms with van der Waals surface area (Å²) in [7, 11) is 0. The fourth-order valence-corrected chi connectivity index (χ4v) is 4.05. The highest BCUT2D eigenvalue weighted by Crippen LogP contribution is 2.44. The molecule has 104 valence electrons. The van der Waals surface area contributed by atoms with Crippen LogP contribution in [0.2, 0.25) is 0 Å². The number of hydrogen-bond acceptors (Lipinski definition) is 1. The van der Waals surface area contributed by atoms with Crippen molar-refractivity contribution in [2.75, 3.05) is 0 Å². The molecule has 0 saturated carbocycles. The first-order valence-corrected chi connectivity index (χ1v) is 7.75. The fraction of sp³-hybridized carbons (Fsp3) is 0.294. The van der Waals surface area contributed by atoms with Crippen molar-refractivity contribution in [3.63, 3.8) is 0 Å². The van der Waals surface area contributed by atoms with Crippen molar-refractivity contribution in [1.29, 1.82) is 0 Å². The van der Waals surface area contributed by atoms with E-state index in [2.05, 4.69) is 13.8 Å². The minimum atomic E-state index is -0.212. The average Bonchev–Trinajstić information content (AvgIpc) is 2.55. The van der Waals surface area contributed by atoms with Crippen molar-refractivity contribution in [2.45, 2.75) is 30.4 Å². The van der Waals surface area contributed by atoms with E-state index < -0.39 is 0 Å². The Hall–Kier alpha value is -1.35. The summed E-state index contributed by atoms with van der Waals surface area (Å²) in [5.74, 6) is 0.838. The van der Waals surface area contributed by atoms with Gasteiger partial charge in [0.05, 0.1) is 0 Å². The molecule has 0 aromatic heterocycles. The maximum atomic E-state index is 13.5. The summed E-state index contributed by atoms with van der Waals surface area (Å²) in [6, 6.07) is 10.0.